The molecule has 0 saturated heterocycles. The first-order chi connectivity index (χ1) is 6.61. The zero-order valence-electron chi connectivity index (χ0n) is 7.83. The lowest BCUT2D eigenvalue weighted by molar-refractivity contribution is 0.100. The van der Waals surface area contributed by atoms with Crippen LogP contribution in [0.1, 0.15) is 27.6 Å². The SMILES string of the molecule is COc1c(I)ccc(C(C)=O)c1C=O. The monoisotopic (exact) mass is 304 g/mol. The van der Waals surface area contributed by atoms with E-state index in [0.29, 0.717) is 23.2 Å². The molecule has 0 saturated carbocycles. The Balaban J connectivity index is 3.48. The van der Waals surface area contributed by atoms with Gasteiger partial charge in [0.1, 0.15) is 5.75 Å². The number of benzene rings is 1. The summed E-state index contributed by atoms with van der Waals surface area (Å²) in [6.45, 7) is 1.43. The van der Waals surface area contributed by atoms with Gasteiger partial charge >= 0.3 is 0 Å². The van der Waals surface area contributed by atoms with Crippen molar-refractivity contribution >= 4 is 34.7 Å². The number of halogens is 1. The van der Waals surface area contributed by atoms with Crippen LogP contribution in [-0.2, 0) is 0 Å². The van der Waals surface area contributed by atoms with Crippen LogP contribution in [0.2, 0.25) is 0 Å². The third kappa shape index (κ3) is 1.95. The Labute approximate surface area is 95.6 Å². The summed E-state index contributed by atoms with van der Waals surface area (Å²) in [4.78, 5) is 22.0. The summed E-state index contributed by atoms with van der Waals surface area (Å²) in [5.41, 5.74) is 0.726. The van der Waals surface area contributed by atoms with Crippen LogP contribution in [0.25, 0.3) is 0 Å². The van der Waals surface area contributed by atoms with E-state index in [0.717, 1.165) is 3.57 Å². The van der Waals surface area contributed by atoms with Gasteiger partial charge < -0.3 is 4.74 Å². The van der Waals surface area contributed by atoms with Gasteiger partial charge in [0, 0.05) is 5.56 Å². The van der Waals surface area contributed by atoms with Gasteiger partial charge in [-0.05, 0) is 41.6 Å². The number of ketones is 1. The molecule has 0 heterocycles. The van der Waals surface area contributed by atoms with Crippen molar-refractivity contribution < 1.29 is 14.3 Å². The summed E-state index contributed by atoms with van der Waals surface area (Å²) in [7, 11) is 1.48. The van der Waals surface area contributed by atoms with Crippen LogP contribution in [-0.4, -0.2) is 19.2 Å². The molecule has 0 radical (unpaired) electrons. The summed E-state index contributed by atoms with van der Waals surface area (Å²) in [6, 6.07) is 3.39. The maximum atomic E-state index is 11.2. The molecular weight excluding hydrogens is 295 g/mol. The highest BCUT2D eigenvalue weighted by atomic mass is 127. The van der Waals surface area contributed by atoms with E-state index in [-0.39, 0.29) is 5.78 Å². The van der Waals surface area contributed by atoms with Gasteiger partial charge in [-0.3, -0.25) is 9.59 Å². The van der Waals surface area contributed by atoms with E-state index in [1.54, 1.807) is 12.1 Å². The van der Waals surface area contributed by atoms with Crippen LogP contribution in [0.3, 0.4) is 0 Å². The van der Waals surface area contributed by atoms with Gasteiger partial charge in [0.15, 0.2) is 12.1 Å². The first-order valence-electron chi connectivity index (χ1n) is 3.94. The van der Waals surface area contributed by atoms with Crippen LogP contribution >= 0.6 is 22.6 Å². The number of ether oxygens (including phenoxy) is 1. The molecule has 1 aromatic rings. The minimum Gasteiger partial charge on any atom is -0.495 e. The van der Waals surface area contributed by atoms with Gasteiger partial charge in [-0.1, -0.05) is 0 Å². The van der Waals surface area contributed by atoms with Crippen LogP contribution in [0, 0.1) is 3.57 Å². The van der Waals surface area contributed by atoms with Gasteiger partial charge in [0.25, 0.3) is 0 Å². The normalized spacial score (nSPS) is 9.64. The van der Waals surface area contributed by atoms with Crippen molar-refractivity contribution in [2.45, 2.75) is 6.92 Å². The van der Waals surface area contributed by atoms with Crippen molar-refractivity contribution in [1.82, 2.24) is 0 Å². The molecule has 0 amide bonds. The van der Waals surface area contributed by atoms with E-state index >= 15 is 0 Å². The molecule has 1 rings (SSSR count). The number of hydrogen-bond acceptors (Lipinski definition) is 3. The molecule has 0 fully saturated rings. The van der Waals surface area contributed by atoms with E-state index in [9.17, 15) is 9.59 Å². The molecule has 0 unspecified atom stereocenters. The van der Waals surface area contributed by atoms with Crippen LogP contribution in [0.4, 0.5) is 0 Å². The van der Waals surface area contributed by atoms with Gasteiger partial charge in [-0.25, -0.2) is 0 Å². The zero-order valence-corrected chi connectivity index (χ0v) is 9.99. The molecule has 0 aromatic heterocycles. The van der Waals surface area contributed by atoms with Crippen molar-refractivity contribution in [2.24, 2.45) is 0 Å². The van der Waals surface area contributed by atoms with Gasteiger partial charge in [-0.2, -0.15) is 0 Å². The first kappa shape index (κ1) is 11.2. The van der Waals surface area contributed by atoms with Crippen molar-refractivity contribution in [3.8, 4) is 5.75 Å². The molecule has 0 aliphatic heterocycles. The number of methoxy groups -OCH3 is 1. The molecule has 0 N–H and O–H groups in total. The average molecular weight is 304 g/mol. The molecule has 4 heteroatoms. The lowest BCUT2D eigenvalue weighted by Gasteiger charge is -2.08. The van der Waals surface area contributed by atoms with Crippen LogP contribution in [0.5, 0.6) is 5.75 Å². The largest absolute Gasteiger partial charge is 0.495 e. The second kappa shape index (κ2) is 4.54. The minimum absolute atomic E-state index is 0.137. The summed E-state index contributed by atoms with van der Waals surface area (Å²) in [5, 5.41) is 0. The Hall–Kier alpha value is -0.910. The fraction of sp³-hybridized carbons (Fsp3) is 0.200. The third-order valence-electron chi connectivity index (χ3n) is 1.85. The second-order valence-electron chi connectivity index (χ2n) is 2.72. The Morgan fingerprint density at radius 2 is 2.14 bits per heavy atom. The van der Waals surface area contributed by atoms with E-state index in [4.69, 9.17) is 4.74 Å². The molecule has 74 valence electrons. The number of rotatable bonds is 3. The molecule has 0 aliphatic carbocycles. The van der Waals surface area contributed by atoms with Crippen molar-refractivity contribution in [2.75, 3.05) is 7.11 Å². The maximum Gasteiger partial charge on any atom is 0.160 e. The summed E-state index contributed by atoms with van der Waals surface area (Å²) in [5.74, 6) is 0.329. The fourth-order valence-corrected chi connectivity index (χ4v) is 1.89. The number of carbonyl (C=O) groups is 2. The zero-order chi connectivity index (χ0) is 10.7. The number of hydrogen-bond donors (Lipinski definition) is 0. The fourth-order valence-electron chi connectivity index (χ4n) is 1.20. The number of Topliss-reactive ketones (excluding diaryl/α,β-unsaturated/α-hetero) is 1. The third-order valence-corrected chi connectivity index (χ3v) is 2.70. The van der Waals surface area contributed by atoms with Gasteiger partial charge in [0.05, 0.1) is 16.2 Å². The Bertz CT molecular complexity index is 385. The molecule has 0 bridgehead atoms. The topological polar surface area (TPSA) is 43.4 Å². The van der Waals surface area contributed by atoms with E-state index in [1.807, 2.05) is 0 Å². The van der Waals surface area contributed by atoms with E-state index in [2.05, 4.69) is 22.6 Å². The maximum absolute atomic E-state index is 11.2. The highest BCUT2D eigenvalue weighted by Gasteiger charge is 2.14. The number of carbonyl (C=O) groups excluding carboxylic acids is 2. The molecule has 0 aliphatic rings. The molecule has 0 spiro atoms. The van der Waals surface area contributed by atoms with Crippen molar-refractivity contribution in [3.05, 3.63) is 26.8 Å². The Kier molecular flexibility index (Phi) is 3.62. The Morgan fingerprint density at radius 1 is 1.50 bits per heavy atom. The summed E-state index contributed by atoms with van der Waals surface area (Å²) >= 11 is 2.05. The molecule has 0 atom stereocenters. The van der Waals surface area contributed by atoms with Crippen LogP contribution in [0.15, 0.2) is 12.1 Å². The first-order valence-corrected chi connectivity index (χ1v) is 5.02. The highest BCUT2D eigenvalue weighted by molar-refractivity contribution is 14.1. The lowest BCUT2D eigenvalue weighted by Crippen LogP contribution is -2.03. The number of aldehydes is 1. The molecule has 1 aromatic carbocycles. The van der Waals surface area contributed by atoms with Crippen LogP contribution < -0.4 is 4.74 Å². The van der Waals surface area contributed by atoms with Crippen molar-refractivity contribution in [3.63, 3.8) is 0 Å². The predicted octanol–water partition coefficient (Wildman–Crippen LogP) is 2.31. The standard InChI is InChI=1S/C10H9IO3/c1-6(13)7-3-4-9(11)10(14-2)8(7)5-12/h3-5H,1-2H3. The van der Waals surface area contributed by atoms with E-state index in [1.165, 1.54) is 14.0 Å². The highest BCUT2D eigenvalue weighted by Crippen LogP contribution is 2.27. The average Bonchev–Trinajstić information content (AvgIpc) is 2.16. The predicted molar refractivity (Wildman–Crippen MR) is 61.1 cm³/mol. The minimum atomic E-state index is -0.137. The lowest BCUT2D eigenvalue weighted by atomic mass is 10.0. The quantitative estimate of drug-likeness (QED) is 0.489. The molecular formula is C10H9IO3. The van der Waals surface area contributed by atoms with Crippen molar-refractivity contribution in [1.29, 1.82) is 0 Å². The molecule has 14 heavy (non-hydrogen) atoms. The van der Waals surface area contributed by atoms with E-state index < -0.39 is 0 Å². The second-order valence-corrected chi connectivity index (χ2v) is 3.88. The molecule has 3 nitrogen and oxygen atoms in total. The Morgan fingerprint density at radius 3 is 2.57 bits per heavy atom. The summed E-state index contributed by atoms with van der Waals surface area (Å²) < 4.78 is 5.88. The smallest absolute Gasteiger partial charge is 0.160 e. The summed E-state index contributed by atoms with van der Waals surface area (Å²) in [6.07, 6.45) is 0.651. The van der Waals surface area contributed by atoms with Gasteiger partial charge in [0.2, 0.25) is 0 Å². The van der Waals surface area contributed by atoms with Gasteiger partial charge in [-0.15, -0.1) is 0 Å².